The van der Waals surface area contributed by atoms with Crippen molar-refractivity contribution in [3.05, 3.63) is 102 Å². The zero-order chi connectivity index (χ0) is 20.6. The second-order valence-electron chi connectivity index (χ2n) is 6.75. The topological polar surface area (TPSA) is 68.0 Å². The number of carbonyl (C=O) groups excluding carboxylic acids is 1. The number of benzene rings is 3. The molecule has 1 aromatic heterocycles. The van der Waals surface area contributed by atoms with E-state index in [1.54, 1.807) is 0 Å². The fourth-order valence-corrected chi connectivity index (χ4v) is 3.69. The standard InChI is InChI=1S/C24H21N3O2S/c28-22(17-30-24-27-26-23(29-24)20-14-8-3-9-15-20)25-21(19-12-6-2-7-13-19)16-18-10-4-1-5-11-18/h1-15,21H,16-17H2,(H,25,28)/t21-/m1/s1. The van der Waals surface area contributed by atoms with Gasteiger partial charge in [-0.1, -0.05) is 90.6 Å². The van der Waals surface area contributed by atoms with Crippen LogP contribution < -0.4 is 5.32 Å². The number of rotatable bonds is 8. The van der Waals surface area contributed by atoms with Crippen LogP contribution in [0.3, 0.4) is 0 Å². The molecule has 0 bridgehead atoms. The molecule has 6 heteroatoms. The Morgan fingerprint density at radius 1 is 0.867 bits per heavy atom. The Kier molecular flexibility index (Phi) is 6.57. The van der Waals surface area contributed by atoms with Gasteiger partial charge in [-0.05, 0) is 29.7 Å². The van der Waals surface area contributed by atoms with Crippen LogP contribution >= 0.6 is 11.8 Å². The largest absolute Gasteiger partial charge is 0.411 e. The summed E-state index contributed by atoms with van der Waals surface area (Å²) in [5, 5.41) is 11.6. The van der Waals surface area contributed by atoms with Crippen LogP contribution in [0.4, 0.5) is 0 Å². The van der Waals surface area contributed by atoms with E-state index in [-0.39, 0.29) is 17.7 Å². The lowest BCUT2D eigenvalue weighted by molar-refractivity contribution is -0.119. The van der Waals surface area contributed by atoms with Gasteiger partial charge in [-0.25, -0.2) is 0 Å². The first-order chi connectivity index (χ1) is 14.8. The van der Waals surface area contributed by atoms with Crippen molar-refractivity contribution in [3.8, 4) is 11.5 Å². The van der Waals surface area contributed by atoms with Crippen molar-refractivity contribution in [2.24, 2.45) is 0 Å². The smallest absolute Gasteiger partial charge is 0.277 e. The highest BCUT2D eigenvalue weighted by atomic mass is 32.2. The molecule has 0 spiro atoms. The Morgan fingerprint density at radius 3 is 2.20 bits per heavy atom. The minimum atomic E-state index is -0.107. The molecule has 0 fully saturated rings. The zero-order valence-corrected chi connectivity index (χ0v) is 17.1. The summed E-state index contributed by atoms with van der Waals surface area (Å²) in [5.74, 6) is 0.572. The van der Waals surface area contributed by atoms with E-state index >= 15 is 0 Å². The maximum Gasteiger partial charge on any atom is 0.277 e. The molecule has 0 unspecified atom stereocenters. The summed E-state index contributed by atoms with van der Waals surface area (Å²) in [6, 6.07) is 29.6. The van der Waals surface area contributed by atoms with Gasteiger partial charge in [0.1, 0.15) is 0 Å². The monoisotopic (exact) mass is 415 g/mol. The fraction of sp³-hybridized carbons (Fsp3) is 0.125. The van der Waals surface area contributed by atoms with Gasteiger partial charge in [-0.3, -0.25) is 4.79 Å². The van der Waals surface area contributed by atoms with Gasteiger partial charge >= 0.3 is 0 Å². The summed E-state index contributed by atoms with van der Waals surface area (Å²) in [5.41, 5.74) is 3.10. The number of hydrogen-bond acceptors (Lipinski definition) is 5. The lowest BCUT2D eigenvalue weighted by Crippen LogP contribution is -2.31. The minimum Gasteiger partial charge on any atom is -0.411 e. The molecular weight excluding hydrogens is 394 g/mol. The number of amides is 1. The van der Waals surface area contributed by atoms with Crippen molar-refractivity contribution in [3.63, 3.8) is 0 Å². The molecule has 0 saturated carbocycles. The van der Waals surface area contributed by atoms with Gasteiger partial charge in [0.15, 0.2) is 0 Å². The van der Waals surface area contributed by atoms with Crippen molar-refractivity contribution in [1.29, 1.82) is 0 Å². The highest BCUT2D eigenvalue weighted by molar-refractivity contribution is 7.99. The zero-order valence-electron chi connectivity index (χ0n) is 16.3. The Balaban J connectivity index is 1.39. The highest BCUT2D eigenvalue weighted by Gasteiger charge is 2.17. The molecule has 30 heavy (non-hydrogen) atoms. The van der Waals surface area contributed by atoms with Gasteiger partial charge in [0.2, 0.25) is 11.8 Å². The van der Waals surface area contributed by atoms with Crippen LogP contribution in [-0.4, -0.2) is 21.9 Å². The molecule has 0 aliphatic rings. The fourth-order valence-electron chi connectivity index (χ4n) is 3.12. The molecule has 1 amide bonds. The Hall–Kier alpha value is -3.38. The van der Waals surface area contributed by atoms with Crippen LogP contribution in [0.25, 0.3) is 11.5 Å². The number of nitrogens with zero attached hydrogens (tertiary/aromatic N) is 2. The lowest BCUT2D eigenvalue weighted by atomic mass is 9.99. The summed E-state index contributed by atoms with van der Waals surface area (Å²) >= 11 is 1.24. The molecule has 1 atom stereocenters. The third-order valence-corrected chi connectivity index (χ3v) is 5.39. The van der Waals surface area contributed by atoms with E-state index < -0.39 is 0 Å². The Morgan fingerprint density at radius 2 is 1.50 bits per heavy atom. The average molecular weight is 416 g/mol. The number of carbonyl (C=O) groups is 1. The van der Waals surface area contributed by atoms with E-state index in [0.29, 0.717) is 11.1 Å². The van der Waals surface area contributed by atoms with Crippen molar-refractivity contribution < 1.29 is 9.21 Å². The van der Waals surface area contributed by atoms with E-state index in [1.165, 1.54) is 17.3 Å². The predicted molar refractivity (Wildman–Crippen MR) is 118 cm³/mol. The van der Waals surface area contributed by atoms with E-state index in [9.17, 15) is 4.79 Å². The third-order valence-electron chi connectivity index (χ3n) is 4.57. The highest BCUT2D eigenvalue weighted by Crippen LogP contribution is 2.23. The second-order valence-corrected chi connectivity index (χ2v) is 7.67. The quantitative estimate of drug-likeness (QED) is 0.413. The van der Waals surface area contributed by atoms with Crippen LogP contribution in [0.1, 0.15) is 17.2 Å². The van der Waals surface area contributed by atoms with Gasteiger partial charge in [0.05, 0.1) is 11.8 Å². The molecule has 4 rings (SSSR count). The summed E-state index contributed by atoms with van der Waals surface area (Å²) in [7, 11) is 0. The SMILES string of the molecule is O=C(CSc1nnc(-c2ccccc2)o1)N[C@H](Cc1ccccc1)c1ccccc1. The number of aromatic nitrogens is 2. The first-order valence-electron chi connectivity index (χ1n) is 9.68. The molecule has 1 N–H and O–H groups in total. The van der Waals surface area contributed by atoms with Gasteiger partial charge in [0, 0.05) is 5.56 Å². The van der Waals surface area contributed by atoms with Crippen LogP contribution in [0.15, 0.2) is 101 Å². The number of hydrogen-bond donors (Lipinski definition) is 1. The molecule has 4 aromatic rings. The Labute approximate surface area is 179 Å². The van der Waals surface area contributed by atoms with Crippen LogP contribution in [0.5, 0.6) is 0 Å². The summed E-state index contributed by atoms with van der Waals surface area (Å²) in [6.45, 7) is 0. The van der Waals surface area contributed by atoms with Crippen LogP contribution in [-0.2, 0) is 11.2 Å². The number of nitrogens with one attached hydrogen (secondary N) is 1. The van der Waals surface area contributed by atoms with Gasteiger partial charge in [-0.15, -0.1) is 10.2 Å². The molecule has 0 aliphatic carbocycles. The summed E-state index contributed by atoms with van der Waals surface area (Å²) in [4.78, 5) is 12.6. The van der Waals surface area contributed by atoms with Crippen molar-refractivity contribution in [2.45, 2.75) is 17.7 Å². The van der Waals surface area contributed by atoms with Gasteiger partial charge in [0.25, 0.3) is 5.22 Å². The van der Waals surface area contributed by atoms with Gasteiger partial charge in [-0.2, -0.15) is 0 Å². The maximum absolute atomic E-state index is 12.6. The molecule has 0 radical (unpaired) electrons. The van der Waals surface area contributed by atoms with Crippen molar-refractivity contribution in [1.82, 2.24) is 15.5 Å². The first-order valence-corrected chi connectivity index (χ1v) is 10.7. The van der Waals surface area contributed by atoms with Crippen molar-refractivity contribution in [2.75, 3.05) is 5.75 Å². The average Bonchev–Trinajstić information content (AvgIpc) is 3.28. The summed E-state index contributed by atoms with van der Waals surface area (Å²) in [6.07, 6.45) is 0.722. The van der Waals surface area contributed by atoms with Gasteiger partial charge < -0.3 is 9.73 Å². The molecule has 3 aromatic carbocycles. The predicted octanol–water partition coefficient (Wildman–Crippen LogP) is 4.93. The molecule has 1 heterocycles. The van der Waals surface area contributed by atoms with E-state index in [1.807, 2.05) is 78.9 Å². The van der Waals surface area contributed by atoms with E-state index in [0.717, 1.165) is 17.5 Å². The maximum atomic E-state index is 12.6. The van der Waals surface area contributed by atoms with Crippen molar-refractivity contribution >= 4 is 17.7 Å². The van der Waals surface area contributed by atoms with E-state index in [4.69, 9.17) is 4.42 Å². The molecule has 5 nitrogen and oxygen atoms in total. The number of thioether (sulfide) groups is 1. The molecule has 0 saturated heterocycles. The second kappa shape index (κ2) is 9.89. The van der Waals surface area contributed by atoms with Crippen LogP contribution in [0, 0.1) is 0 Å². The molecule has 0 aliphatic heterocycles. The molecular formula is C24H21N3O2S. The first kappa shape index (κ1) is 19.9. The van der Waals surface area contributed by atoms with E-state index in [2.05, 4.69) is 27.6 Å². The lowest BCUT2D eigenvalue weighted by Gasteiger charge is -2.19. The Bertz CT molecular complexity index is 1070. The normalized spacial score (nSPS) is 11.7. The third kappa shape index (κ3) is 5.36. The minimum absolute atomic E-state index is 0.0794. The molecule has 150 valence electrons. The van der Waals surface area contributed by atoms with Crippen LogP contribution in [0.2, 0.25) is 0 Å². The summed E-state index contributed by atoms with van der Waals surface area (Å²) < 4.78 is 5.67.